The zero-order valence-electron chi connectivity index (χ0n) is 12.3. The maximum Gasteiger partial charge on any atom is 0.673 e. The highest BCUT2D eigenvalue weighted by molar-refractivity contribution is 6.50. The van der Waals surface area contributed by atoms with Crippen LogP contribution in [-0.4, -0.2) is 67.3 Å². The van der Waals surface area contributed by atoms with Gasteiger partial charge < -0.3 is 31.1 Å². The van der Waals surface area contributed by atoms with Crippen molar-refractivity contribution in [2.75, 3.05) is 41.6 Å². The van der Waals surface area contributed by atoms with Crippen LogP contribution >= 0.6 is 0 Å². The van der Waals surface area contributed by atoms with E-state index in [0.717, 1.165) is 0 Å². The van der Waals surface area contributed by atoms with Gasteiger partial charge in [0.2, 0.25) is 0 Å². The van der Waals surface area contributed by atoms with Crippen molar-refractivity contribution >= 4 is 13.2 Å². The van der Waals surface area contributed by atoms with Crippen molar-refractivity contribution < 1.29 is 39.9 Å². The number of aliphatic imine (C=N–C) groups is 1. The number of ether oxygens (including phenoxy) is 2. The molecule has 1 rings (SSSR count). The van der Waals surface area contributed by atoms with Crippen molar-refractivity contribution in [3.8, 4) is 0 Å². The summed E-state index contributed by atoms with van der Waals surface area (Å²) in [5.41, 5.74) is 0. The first-order chi connectivity index (χ1) is 9.47. The van der Waals surface area contributed by atoms with Gasteiger partial charge in [0.05, 0.1) is 20.3 Å². The van der Waals surface area contributed by atoms with Crippen molar-refractivity contribution in [3.05, 3.63) is 0 Å². The first kappa shape index (κ1) is 22.3. The van der Waals surface area contributed by atoms with Crippen molar-refractivity contribution in [2.24, 2.45) is 4.99 Å². The molecule has 0 unspecified atom stereocenters. The lowest BCUT2D eigenvalue weighted by molar-refractivity contribution is -0.0451. The topological polar surface area (TPSA) is 33.5 Å². The van der Waals surface area contributed by atoms with Crippen LogP contribution in [-0.2, 0) is 13.8 Å². The van der Waals surface area contributed by atoms with Gasteiger partial charge in [0.25, 0.3) is 6.43 Å². The summed E-state index contributed by atoms with van der Waals surface area (Å²) in [6.45, 7) is 0.239. The average Bonchev–Trinajstić information content (AvgIpc) is 2.50. The van der Waals surface area contributed by atoms with E-state index in [0.29, 0.717) is 12.3 Å². The van der Waals surface area contributed by atoms with Gasteiger partial charge in [-0.05, 0) is 0 Å². The number of nitrogens with zero attached hydrogens (tertiary/aromatic N) is 1. The molecule has 1 heterocycles. The van der Waals surface area contributed by atoms with Crippen LogP contribution in [0.3, 0.4) is 0 Å². The van der Waals surface area contributed by atoms with Crippen molar-refractivity contribution in [2.45, 2.75) is 19.0 Å². The minimum atomic E-state index is -6.00. The monoisotopic (exact) mass is 327 g/mol. The molecular formula is C10H20BF6NO3. The lowest BCUT2D eigenvalue weighted by atomic mass is 10.3. The molecule has 0 fully saturated rings. The normalized spacial score (nSPS) is 18.9. The Hall–Kier alpha value is -0.965. The van der Waals surface area contributed by atoms with Crippen LogP contribution in [0.25, 0.3) is 0 Å². The van der Waals surface area contributed by atoms with Gasteiger partial charge in [-0.3, -0.25) is 4.99 Å². The van der Waals surface area contributed by atoms with Gasteiger partial charge >= 0.3 is 7.25 Å². The van der Waals surface area contributed by atoms with Gasteiger partial charge in [-0.15, -0.1) is 0 Å². The fourth-order valence-electron chi connectivity index (χ4n) is 0.940. The van der Waals surface area contributed by atoms with Gasteiger partial charge in [0.15, 0.2) is 5.90 Å². The summed E-state index contributed by atoms with van der Waals surface area (Å²) in [6.07, 6.45) is -3.07. The molecule has 0 amide bonds. The number of methoxy groups -OCH3 is 1. The minimum Gasteiger partial charge on any atom is -0.484 e. The van der Waals surface area contributed by atoms with Crippen molar-refractivity contribution in [1.29, 1.82) is 0 Å². The van der Waals surface area contributed by atoms with Crippen LogP contribution in [0, 0.1) is 0 Å². The Labute approximate surface area is 119 Å². The molecule has 128 valence electrons. The van der Waals surface area contributed by atoms with Gasteiger partial charge in [-0.25, -0.2) is 8.78 Å². The van der Waals surface area contributed by atoms with Gasteiger partial charge in [-0.1, -0.05) is 0 Å². The van der Waals surface area contributed by atoms with Crippen LogP contribution < -0.4 is 0 Å². The van der Waals surface area contributed by atoms with Gasteiger partial charge in [-0.2, -0.15) is 0 Å². The minimum absolute atomic E-state index is 0.0131. The third kappa shape index (κ3) is 21.5. The number of halogens is 6. The van der Waals surface area contributed by atoms with Crippen molar-refractivity contribution in [3.63, 3.8) is 0 Å². The summed E-state index contributed by atoms with van der Waals surface area (Å²) in [5.74, 6) is 0.484. The van der Waals surface area contributed by atoms with E-state index in [1.54, 1.807) is 0 Å². The predicted molar refractivity (Wildman–Crippen MR) is 68.7 cm³/mol. The summed E-state index contributed by atoms with van der Waals surface area (Å²) in [4.78, 5) is 3.83. The molecule has 0 spiro atoms. The average molecular weight is 327 g/mol. The Morgan fingerprint density at radius 1 is 1.24 bits per heavy atom. The number of hydrogen-bond donors (Lipinski definition) is 0. The molecule has 1 atom stereocenters. The Kier molecular flexibility index (Phi) is 12.4. The van der Waals surface area contributed by atoms with Crippen molar-refractivity contribution in [1.82, 2.24) is 0 Å². The Morgan fingerprint density at radius 2 is 1.67 bits per heavy atom. The van der Waals surface area contributed by atoms with E-state index in [4.69, 9.17) is 9.47 Å². The molecule has 0 aromatic heterocycles. The Morgan fingerprint density at radius 3 is 2.00 bits per heavy atom. The second kappa shape index (κ2) is 11.7. The van der Waals surface area contributed by atoms with Crippen LogP contribution in [0.15, 0.2) is 4.99 Å². The summed E-state index contributed by atoms with van der Waals surface area (Å²) in [7, 11) is 1.22. The van der Waals surface area contributed by atoms with E-state index in [-0.39, 0.29) is 13.2 Å². The number of rotatable bonds is 1. The molecule has 0 radical (unpaired) electrons. The van der Waals surface area contributed by atoms with Gasteiger partial charge in [0, 0.05) is 6.42 Å². The molecule has 0 saturated heterocycles. The third-order valence-electron chi connectivity index (χ3n) is 1.61. The molecule has 4 nitrogen and oxygen atoms in total. The quantitative estimate of drug-likeness (QED) is 0.422. The second-order valence-corrected chi connectivity index (χ2v) is 4.15. The molecule has 11 heteroatoms. The Bertz CT molecular complexity index is 280. The largest absolute Gasteiger partial charge is 0.673 e. The first-order valence-electron chi connectivity index (χ1n) is 5.81. The predicted octanol–water partition coefficient (Wildman–Crippen LogP) is 2.81. The highest BCUT2D eigenvalue weighted by Crippen LogP contribution is 2.10. The van der Waals surface area contributed by atoms with Crippen LogP contribution in [0.1, 0.15) is 6.42 Å². The zero-order valence-corrected chi connectivity index (χ0v) is 12.3. The summed E-state index contributed by atoms with van der Waals surface area (Å²) < 4.78 is 75.5. The highest BCUT2D eigenvalue weighted by atomic mass is 19.5. The van der Waals surface area contributed by atoms with E-state index in [2.05, 4.69) is 9.36 Å². The number of alkyl halides is 2. The molecule has 1 aliphatic rings. The maximum absolute atomic E-state index is 12.1. The lowest BCUT2D eigenvalue weighted by Crippen LogP contribution is -2.24. The molecule has 0 bridgehead atoms. The zero-order chi connectivity index (χ0) is 17.1. The highest BCUT2D eigenvalue weighted by Gasteiger charge is 2.23. The van der Waals surface area contributed by atoms with Gasteiger partial charge in [0.1, 0.15) is 27.4 Å². The molecule has 0 N–H and O–H groups in total. The second-order valence-electron chi connectivity index (χ2n) is 4.15. The molecule has 0 aromatic rings. The first-order valence-corrected chi connectivity index (χ1v) is 5.81. The standard InChI is InChI=1S/C7H11F2NO2.C3H9O.BF4/c1-11-6-2-3-12-5(4-10-6)7(8)9;1-4(2)3;2-1(3,4)5/h5,7H,2-4H2,1H3;1-3H3;/q;+1;-1/t5-;;/m0../s1. The van der Waals surface area contributed by atoms with E-state index in [1.807, 2.05) is 21.3 Å². The molecule has 0 aromatic carbocycles. The number of hydrogen-bond acceptors (Lipinski definition) is 3. The molecule has 0 aliphatic carbocycles. The maximum atomic E-state index is 12.1. The summed E-state index contributed by atoms with van der Waals surface area (Å²) >= 11 is 0. The van der Waals surface area contributed by atoms with E-state index < -0.39 is 19.8 Å². The third-order valence-corrected chi connectivity index (χ3v) is 1.61. The van der Waals surface area contributed by atoms with Crippen LogP contribution in [0.5, 0.6) is 0 Å². The van der Waals surface area contributed by atoms with E-state index in [9.17, 15) is 26.0 Å². The van der Waals surface area contributed by atoms with Crippen LogP contribution in [0.4, 0.5) is 26.0 Å². The molecule has 21 heavy (non-hydrogen) atoms. The fourth-order valence-corrected chi connectivity index (χ4v) is 0.940. The fraction of sp³-hybridized carbons (Fsp3) is 0.900. The summed E-state index contributed by atoms with van der Waals surface area (Å²) in [5, 5.41) is 0. The molecule has 1 aliphatic heterocycles. The van der Waals surface area contributed by atoms with Crippen LogP contribution in [0.2, 0.25) is 0 Å². The van der Waals surface area contributed by atoms with E-state index in [1.165, 1.54) is 7.11 Å². The molecule has 0 saturated carbocycles. The Balaban J connectivity index is 0. The SMILES string of the molecule is COC1=NC[C@@H](C(F)F)OCC1.C[O+](C)C.F[B-](F)(F)F. The smallest absolute Gasteiger partial charge is 0.484 e. The summed E-state index contributed by atoms with van der Waals surface area (Å²) in [6, 6.07) is 0. The lowest BCUT2D eigenvalue weighted by Gasteiger charge is -2.10. The molecular weight excluding hydrogens is 307 g/mol. The van der Waals surface area contributed by atoms with E-state index >= 15 is 0 Å².